The summed E-state index contributed by atoms with van der Waals surface area (Å²) in [6.45, 7) is 9.79. The Bertz CT molecular complexity index is 245. The maximum absolute atomic E-state index is 9.59. The van der Waals surface area contributed by atoms with E-state index in [0.29, 0.717) is 17.4 Å². The van der Waals surface area contributed by atoms with Gasteiger partial charge >= 0.3 is 0 Å². The number of rotatable bonds is 1. The first-order chi connectivity index (χ1) is 6.78. The first-order valence-corrected chi connectivity index (χ1v) is 6.08. The average Bonchev–Trinajstić information content (AvgIpc) is 1.96. The van der Waals surface area contributed by atoms with E-state index in [2.05, 4.69) is 32.7 Å². The summed E-state index contributed by atoms with van der Waals surface area (Å²) >= 11 is 0. The quantitative estimate of drug-likeness (QED) is 0.718. The second-order valence-electron chi connectivity index (χ2n) is 7.29. The van der Waals surface area contributed by atoms with Crippen LogP contribution in [0.2, 0.25) is 0 Å². The molecule has 2 aliphatic rings. The molecule has 1 N–H and O–H groups in total. The van der Waals surface area contributed by atoms with E-state index in [9.17, 15) is 5.11 Å². The van der Waals surface area contributed by atoms with E-state index >= 15 is 0 Å². The van der Waals surface area contributed by atoms with Crippen molar-refractivity contribution in [3.8, 4) is 0 Å². The molecular formula is C13H25NO. The summed E-state index contributed by atoms with van der Waals surface area (Å²) in [6, 6.07) is 0. The number of hydrogen-bond acceptors (Lipinski definition) is 2. The van der Waals surface area contributed by atoms with Crippen LogP contribution in [0.4, 0.5) is 0 Å². The minimum atomic E-state index is 0.156. The van der Waals surface area contributed by atoms with Crippen LogP contribution < -0.4 is 0 Å². The molecule has 1 saturated carbocycles. The Hall–Kier alpha value is -0.0800. The number of nitrogens with zero attached hydrogens (tertiary/aromatic N) is 1. The summed E-state index contributed by atoms with van der Waals surface area (Å²) in [4.78, 5) is 2.47. The average molecular weight is 211 g/mol. The van der Waals surface area contributed by atoms with E-state index < -0.39 is 0 Å². The van der Waals surface area contributed by atoms with Gasteiger partial charge in [-0.2, -0.15) is 0 Å². The van der Waals surface area contributed by atoms with E-state index in [1.807, 2.05) is 0 Å². The molecule has 1 aliphatic heterocycles. The van der Waals surface area contributed by atoms with Crippen LogP contribution in [0.15, 0.2) is 0 Å². The van der Waals surface area contributed by atoms with Crippen LogP contribution in [0.25, 0.3) is 0 Å². The monoisotopic (exact) mass is 211 g/mol. The van der Waals surface area contributed by atoms with Crippen LogP contribution in [-0.4, -0.2) is 36.8 Å². The molecule has 3 atom stereocenters. The Morgan fingerprint density at radius 2 is 1.47 bits per heavy atom. The largest absolute Gasteiger partial charge is 0.396 e. The maximum Gasteiger partial charge on any atom is 0.0485 e. The number of aliphatic hydroxyl groups is 1. The minimum Gasteiger partial charge on any atom is -0.396 e. The molecule has 2 bridgehead atoms. The van der Waals surface area contributed by atoms with Gasteiger partial charge < -0.3 is 10.0 Å². The molecule has 2 heteroatoms. The molecule has 1 saturated heterocycles. The summed E-state index contributed by atoms with van der Waals surface area (Å²) in [5.41, 5.74) is 0.984. The molecule has 0 radical (unpaired) electrons. The molecule has 1 heterocycles. The Kier molecular flexibility index (Phi) is 2.44. The number of fused-ring (bicyclic) bond motifs is 2. The van der Waals surface area contributed by atoms with Gasteiger partial charge in [0.15, 0.2) is 0 Å². The third-order valence-corrected chi connectivity index (χ3v) is 4.25. The van der Waals surface area contributed by atoms with Crippen molar-refractivity contribution in [3.05, 3.63) is 0 Å². The van der Waals surface area contributed by atoms with Crippen molar-refractivity contribution in [3.63, 3.8) is 0 Å². The van der Waals surface area contributed by atoms with Gasteiger partial charge in [-0.25, -0.2) is 0 Å². The van der Waals surface area contributed by atoms with E-state index in [1.165, 1.54) is 32.4 Å². The zero-order chi connectivity index (χ0) is 11.3. The van der Waals surface area contributed by atoms with Gasteiger partial charge in [0.25, 0.3) is 0 Å². The van der Waals surface area contributed by atoms with Crippen LogP contribution in [0.1, 0.15) is 40.0 Å². The number of aliphatic hydroxyl groups excluding tert-OH is 1. The third-order valence-electron chi connectivity index (χ3n) is 4.25. The highest BCUT2D eigenvalue weighted by atomic mass is 16.3. The minimum absolute atomic E-state index is 0.156. The van der Waals surface area contributed by atoms with Gasteiger partial charge in [0.1, 0.15) is 0 Å². The fourth-order valence-corrected chi connectivity index (χ4v) is 4.97. The predicted molar refractivity (Wildman–Crippen MR) is 62.8 cm³/mol. The predicted octanol–water partition coefficient (Wildman–Crippen LogP) is 2.13. The van der Waals surface area contributed by atoms with Crippen LogP contribution >= 0.6 is 0 Å². The highest BCUT2D eigenvalue weighted by Gasteiger charge is 2.51. The lowest BCUT2D eigenvalue weighted by atomic mass is 9.53. The summed E-state index contributed by atoms with van der Waals surface area (Å²) in [6.07, 6.45) is 3.69. The molecule has 0 amide bonds. The highest BCUT2D eigenvalue weighted by Crippen LogP contribution is 2.56. The van der Waals surface area contributed by atoms with E-state index in [-0.39, 0.29) is 5.41 Å². The Labute approximate surface area is 93.7 Å². The molecular weight excluding hydrogens is 186 g/mol. The lowest BCUT2D eigenvalue weighted by Crippen LogP contribution is -2.56. The molecule has 2 rings (SSSR count). The third kappa shape index (κ3) is 2.07. The summed E-state index contributed by atoms with van der Waals surface area (Å²) in [5.74, 6) is 0. The first kappa shape index (κ1) is 11.4. The number of hydrogen-bond donors (Lipinski definition) is 1. The Morgan fingerprint density at radius 3 is 1.87 bits per heavy atom. The second-order valence-corrected chi connectivity index (χ2v) is 7.29. The van der Waals surface area contributed by atoms with Crippen molar-refractivity contribution in [1.82, 2.24) is 4.90 Å². The smallest absolute Gasteiger partial charge is 0.0485 e. The van der Waals surface area contributed by atoms with E-state index in [1.54, 1.807) is 0 Å². The number of piperidine rings is 1. The molecule has 1 unspecified atom stereocenters. The Morgan fingerprint density at radius 1 is 1.00 bits per heavy atom. The molecule has 0 spiro atoms. The van der Waals surface area contributed by atoms with Crippen LogP contribution in [0.3, 0.4) is 0 Å². The van der Waals surface area contributed by atoms with Crippen LogP contribution in [-0.2, 0) is 0 Å². The Balaban J connectivity index is 2.27. The lowest BCUT2D eigenvalue weighted by molar-refractivity contribution is -0.0964. The maximum atomic E-state index is 9.59. The molecule has 1 aliphatic carbocycles. The van der Waals surface area contributed by atoms with Gasteiger partial charge in [0.2, 0.25) is 0 Å². The van der Waals surface area contributed by atoms with Gasteiger partial charge in [-0.15, -0.1) is 0 Å². The van der Waals surface area contributed by atoms with Crippen molar-refractivity contribution >= 4 is 0 Å². The van der Waals surface area contributed by atoms with Crippen molar-refractivity contribution in [2.24, 2.45) is 16.2 Å². The van der Waals surface area contributed by atoms with Gasteiger partial charge in [-0.05, 0) is 42.6 Å². The second kappa shape index (κ2) is 3.21. The molecule has 0 aromatic carbocycles. The lowest BCUT2D eigenvalue weighted by Gasteiger charge is -2.58. The van der Waals surface area contributed by atoms with Gasteiger partial charge in [0, 0.05) is 19.7 Å². The fraction of sp³-hybridized carbons (Fsp3) is 1.00. The van der Waals surface area contributed by atoms with Crippen LogP contribution in [0, 0.1) is 16.2 Å². The van der Waals surface area contributed by atoms with Gasteiger partial charge in [-0.3, -0.25) is 0 Å². The van der Waals surface area contributed by atoms with Crippen molar-refractivity contribution < 1.29 is 5.11 Å². The van der Waals surface area contributed by atoms with Crippen molar-refractivity contribution in [2.75, 3.05) is 26.7 Å². The summed E-state index contributed by atoms with van der Waals surface area (Å²) in [7, 11) is 2.23. The molecule has 0 aromatic rings. The zero-order valence-corrected chi connectivity index (χ0v) is 10.6. The van der Waals surface area contributed by atoms with E-state index in [4.69, 9.17) is 0 Å². The van der Waals surface area contributed by atoms with Crippen molar-refractivity contribution in [2.45, 2.75) is 40.0 Å². The van der Waals surface area contributed by atoms with Gasteiger partial charge in [0.05, 0.1) is 0 Å². The molecule has 88 valence electrons. The standard InChI is InChI=1S/C13H25NO/c1-11-5-12(2,9-14(4)8-11)7-13(3,6-11)10-15/h15H,5-10H2,1-4H3/t11-,12+,13?. The highest BCUT2D eigenvalue weighted by molar-refractivity contribution is 5.03. The first-order valence-electron chi connectivity index (χ1n) is 6.08. The summed E-state index contributed by atoms with van der Waals surface area (Å²) in [5, 5.41) is 9.59. The van der Waals surface area contributed by atoms with Gasteiger partial charge in [-0.1, -0.05) is 20.8 Å². The summed E-state index contributed by atoms with van der Waals surface area (Å²) < 4.78 is 0. The molecule has 2 fully saturated rings. The molecule has 2 nitrogen and oxygen atoms in total. The zero-order valence-electron chi connectivity index (χ0n) is 10.6. The fourth-order valence-electron chi connectivity index (χ4n) is 4.97. The molecule has 0 aromatic heterocycles. The topological polar surface area (TPSA) is 23.5 Å². The van der Waals surface area contributed by atoms with Crippen LogP contribution in [0.5, 0.6) is 0 Å². The van der Waals surface area contributed by atoms with E-state index in [0.717, 1.165) is 0 Å². The molecule has 15 heavy (non-hydrogen) atoms. The number of likely N-dealkylation sites (tertiary alicyclic amines) is 1. The normalized spacial score (nSPS) is 51.8. The SMILES string of the molecule is CN1C[C@@]2(C)CC(C)(CO)C[C@@](C)(C1)C2. The van der Waals surface area contributed by atoms with Crippen molar-refractivity contribution in [1.29, 1.82) is 0 Å².